The Morgan fingerprint density at radius 1 is 1.03 bits per heavy atom. The molecule has 2 aromatic carbocycles. The highest BCUT2D eigenvalue weighted by atomic mass is 32.2. The van der Waals surface area contributed by atoms with Crippen LogP contribution in [-0.4, -0.2) is 59.0 Å². The van der Waals surface area contributed by atoms with Gasteiger partial charge in [-0.3, -0.25) is 14.3 Å². The zero-order valence-corrected chi connectivity index (χ0v) is 17.2. The maximum absolute atomic E-state index is 12.5. The molecule has 0 saturated heterocycles. The van der Waals surface area contributed by atoms with E-state index in [0.29, 0.717) is 30.8 Å². The van der Waals surface area contributed by atoms with E-state index in [-0.39, 0.29) is 23.3 Å². The zero-order valence-electron chi connectivity index (χ0n) is 16.4. The predicted octanol–water partition coefficient (Wildman–Crippen LogP) is 1.71. The van der Waals surface area contributed by atoms with Gasteiger partial charge in [-0.1, -0.05) is 18.2 Å². The molecule has 2 rings (SSSR count). The number of hydrogen-bond acceptors (Lipinski definition) is 5. The Morgan fingerprint density at radius 2 is 1.69 bits per heavy atom. The van der Waals surface area contributed by atoms with Crippen LogP contribution in [0.15, 0.2) is 59.5 Å². The fourth-order valence-corrected chi connectivity index (χ4v) is 3.56. The molecule has 29 heavy (non-hydrogen) atoms. The van der Waals surface area contributed by atoms with Crippen LogP contribution in [0.25, 0.3) is 0 Å². The number of carbonyl (C=O) groups excluding carboxylic acids is 2. The van der Waals surface area contributed by atoms with Crippen LogP contribution in [0.1, 0.15) is 16.8 Å². The normalized spacial score (nSPS) is 11.0. The molecule has 0 radical (unpaired) electrons. The molecule has 9 heteroatoms. The average Bonchev–Trinajstić information content (AvgIpc) is 2.71. The summed E-state index contributed by atoms with van der Waals surface area (Å²) in [6, 6.07) is 14.1. The van der Waals surface area contributed by atoms with Crippen LogP contribution < -0.4 is 10.0 Å². The number of nitrogens with zero attached hydrogens (tertiary/aromatic N) is 1. The van der Waals surface area contributed by atoms with Crippen molar-refractivity contribution in [2.75, 3.05) is 38.6 Å². The van der Waals surface area contributed by atoms with Gasteiger partial charge in [0, 0.05) is 38.6 Å². The van der Waals surface area contributed by atoms with Gasteiger partial charge in [-0.15, -0.1) is 0 Å². The number of rotatable bonds is 10. The molecule has 0 bridgehead atoms. The van der Waals surface area contributed by atoms with Gasteiger partial charge in [0.05, 0.1) is 11.4 Å². The van der Waals surface area contributed by atoms with E-state index in [1.807, 2.05) is 0 Å². The standard InChI is InChI=1S/C20H25N3O5S/c1-23(15-19(24)21-13-6-14-28-2)20(25)16-9-11-18(12-10-16)29(26,27)22-17-7-4-3-5-8-17/h3-5,7-12,22H,6,13-15H2,1-2H3,(H,21,24). The number of nitrogens with one attached hydrogen (secondary N) is 2. The van der Waals surface area contributed by atoms with E-state index in [9.17, 15) is 18.0 Å². The Labute approximate surface area is 170 Å². The summed E-state index contributed by atoms with van der Waals surface area (Å²) in [7, 11) is -0.661. The Balaban J connectivity index is 1.96. The number of benzene rings is 2. The highest BCUT2D eigenvalue weighted by Crippen LogP contribution is 2.16. The van der Waals surface area contributed by atoms with E-state index in [0.717, 1.165) is 0 Å². The number of para-hydroxylation sites is 1. The lowest BCUT2D eigenvalue weighted by atomic mass is 10.2. The van der Waals surface area contributed by atoms with Crippen molar-refractivity contribution >= 4 is 27.5 Å². The Hall–Kier alpha value is -2.91. The number of anilines is 1. The van der Waals surface area contributed by atoms with Crippen molar-refractivity contribution in [3.8, 4) is 0 Å². The number of ether oxygens (including phenoxy) is 1. The van der Waals surface area contributed by atoms with Gasteiger partial charge in [-0.05, 0) is 42.8 Å². The van der Waals surface area contributed by atoms with Crippen molar-refractivity contribution in [2.24, 2.45) is 0 Å². The van der Waals surface area contributed by atoms with Crippen molar-refractivity contribution in [2.45, 2.75) is 11.3 Å². The molecule has 0 unspecified atom stereocenters. The maximum atomic E-state index is 12.5. The van der Waals surface area contributed by atoms with Gasteiger partial charge in [-0.25, -0.2) is 8.42 Å². The molecule has 2 aromatic rings. The summed E-state index contributed by atoms with van der Waals surface area (Å²) in [5.74, 6) is -0.653. The van der Waals surface area contributed by atoms with Crippen LogP contribution in [-0.2, 0) is 19.6 Å². The van der Waals surface area contributed by atoms with Crippen LogP contribution in [0.2, 0.25) is 0 Å². The molecular formula is C20H25N3O5S. The minimum atomic E-state index is -3.76. The maximum Gasteiger partial charge on any atom is 0.261 e. The molecule has 156 valence electrons. The summed E-state index contributed by atoms with van der Waals surface area (Å²) in [6.45, 7) is 0.917. The third-order valence-corrected chi connectivity index (χ3v) is 5.41. The van der Waals surface area contributed by atoms with Crippen molar-refractivity contribution in [1.82, 2.24) is 10.2 Å². The molecule has 0 atom stereocenters. The molecule has 0 aliphatic rings. The monoisotopic (exact) mass is 419 g/mol. The van der Waals surface area contributed by atoms with Crippen LogP contribution in [0, 0.1) is 0 Å². The molecule has 2 amide bonds. The van der Waals surface area contributed by atoms with E-state index in [4.69, 9.17) is 4.74 Å². The van der Waals surface area contributed by atoms with Crippen LogP contribution in [0.4, 0.5) is 5.69 Å². The van der Waals surface area contributed by atoms with Gasteiger partial charge in [-0.2, -0.15) is 0 Å². The van der Waals surface area contributed by atoms with Gasteiger partial charge < -0.3 is 15.0 Å². The number of hydrogen-bond donors (Lipinski definition) is 2. The lowest BCUT2D eigenvalue weighted by molar-refractivity contribution is -0.121. The van der Waals surface area contributed by atoms with Crippen LogP contribution in [0.5, 0.6) is 0 Å². The topological polar surface area (TPSA) is 105 Å². The number of amides is 2. The number of sulfonamides is 1. The summed E-state index contributed by atoms with van der Waals surface area (Å²) in [4.78, 5) is 25.7. The first-order valence-corrected chi connectivity index (χ1v) is 10.5. The molecule has 0 aromatic heterocycles. The molecule has 0 fully saturated rings. The van der Waals surface area contributed by atoms with Gasteiger partial charge in [0.25, 0.3) is 15.9 Å². The molecule has 0 aliphatic carbocycles. The highest BCUT2D eigenvalue weighted by Gasteiger charge is 2.18. The summed E-state index contributed by atoms with van der Waals surface area (Å²) in [5.41, 5.74) is 0.738. The lowest BCUT2D eigenvalue weighted by Gasteiger charge is -2.17. The van der Waals surface area contributed by atoms with Crippen LogP contribution >= 0.6 is 0 Å². The summed E-state index contributed by atoms with van der Waals surface area (Å²) >= 11 is 0. The molecule has 0 heterocycles. The number of carbonyl (C=O) groups is 2. The van der Waals surface area contributed by atoms with E-state index in [1.165, 1.54) is 36.2 Å². The first kappa shape index (κ1) is 22.4. The second-order valence-electron chi connectivity index (χ2n) is 6.35. The van der Waals surface area contributed by atoms with Crippen molar-refractivity contribution in [1.29, 1.82) is 0 Å². The van der Waals surface area contributed by atoms with Gasteiger partial charge in [0.2, 0.25) is 5.91 Å². The second-order valence-corrected chi connectivity index (χ2v) is 8.04. The Bertz CT molecular complexity index is 915. The molecule has 0 spiro atoms. The first-order chi connectivity index (χ1) is 13.8. The van der Waals surface area contributed by atoms with Crippen molar-refractivity contribution in [3.05, 3.63) is 60.2 Å². The minimum Gasteiger partial charge on any atom is -0.385 e. The SMILES string of the molecule is COCCCNC(=O)CN(C)C(=O)c1ccc(S(=O)(=O)Nc2ccccc2)cc1. The van der Waals surface area contributed by atoms with Crippen LogP contribution in [0.3, 0.4) is 0 Å². The molecular weight excluding hydrogens is 394 g/mol. The average molecular weight is 420 g/mol. The quantitative estimate of drug-likeness (QED) is 0.571. The van der Waals surface area contributed by atoms with E-state index < -0.39 is 10.0 Å². The zero-order chi connectivity index (χ0) is 21.3. The van der Waals surface area contributed by atoms with E-state index >= 15 is 0 Å². The summed E-state index contributed by atoms with van der Waals surface area (Å²) in [5, 5.41) is 2.71. The van der Waals surface area contributed by atoms with E-state index in [2.05, 4.69) is 10.0 Å². The number of likely N-dealkylation sites (N-methyl/N-ethyl adjacent to an activating group) is 1. The largest absolute Gasteiger partial charge is 0.385 e. The molecule has 8 nitrogen and oxygen atoms in total. The molecule has 0 saturated carbocycles. The molecule has 0 aliphatic heterocycles. The van der Waals surface area contributed by atoms with Gasteiger partial charge >= 0.3 is 0 Å². The predicted molar refractivity (Wildman–Crippen MR) is 110 cm³/mol. The highest BCUT2D eigenvalue weighted by molar-refractivity contribution is 7.92. The fourth-order valence-electron chi connectivity index (χ4n) is 2.50. The lowest BCUT2D eigenvalue weighted by Crippen LogP contribution is -2.38. The summed E-state index contributed by atoms with van der Waals surface area (Å²) < 4.78 is 32.3. The smallest absolute Gasteiger partial charge is 0.261 e. The van der Waals surface area contributed by atoms with Crippen molar-refractivity contribution in [3.63, 3.8) is 0 Å². The van der Waals surface area contributed by atoms with Gasteiger partial charge in [0.15, 0.2) is 0 Å². The molecule has 2 N–H and O–H groups in total. The first-order valence-electron chi connectivity index (χ1n) is 9.02. The van der Waals surface area contributed by atoms with Gasteiger partial charge in [0.1, 0.15) is 0 Å². The Kier molecular flexibility index (Phi) is 8.17. The van der Waals surface area contributed by atoms with E-state index in [1.54, 1.807) is 37.4 Å². The van der Waals surface area contributed by atoms with Crippen molar-refractivity contribution < 1.29 is 22.7 Å². The fraction of sp³-hybridized carbons (Fsp3) is 0.300. The Morgan fingerprint density at radius 3 is 2.31 bits per heavy atom. The second kappa shape index (κ2) is 10.6. The third-order valence-electron chi connectivity index (χ3n) is 4.01. The third kappa shape index (κ3) is 6.88. The number of methoxy groups -OCH3 is 1. The summed E-state index contributed by atoms with van der Waals surface area (Å²) in [6.07, 6.45) is 0.687. The minimum absolute atomic E-state index is 0.0384.